The molecule has 6 nitrogen and oxygen atoms in total. The molecule has 198 valence electrons. The summed E-state index contributed by atoms with van der Waals surface area (Å²) in [6.45, 7) is 6.45. The number of allylic oxidation sites excluding steroid dienone is 4. The van der Waals surface area contributed by atoms with Crippen molar-refractivity contribution >= 4 is 23.3 Å². The van der Waals surface area contributed by atoms with Crippen LogP contribution in [0.1, 0.15) is 59.3 Å². The summed E-state index contributed by atoms with van der Waals surface area (Å²) in [4.78, 5) is 30.7. The summed E-state index contributed by atoms with van der Waals surface area (Å²) < 4.78 is 13.2. The lowest BCUT2D eigenvalue weighted by molar-refractivity contribution is -0.197. The van der Waals surface area contributed by atoms with Crippen LogP contribution >= 0.6 is 11.8 Å². The summed E-state index contributed by atoms with van der Waals surface area (Å²) in [5.41, 5.74) is -0.807. The van der Waals surface area contributed by atoms with E-state index in [0.29, 0.717) is 6.42 Å². The Morgan fingerprint density at radius 3 is 2.89 bits per heavy atom. The van der Waals surface area contributed by atoms with E-state index in [1.165, 1.54) is 11.8 Å². The Morgan fingerprint density at radius 2 is 2.14 bits per heavy atom. The minimum atomic E-state index is -1.07. The molecule has 7 unspecified atom stereocenters. The molecule has 0 amide bonds. The van der Waals surface area contributed by atoms with Crippen LogP contribution in [0, 0.1) is 28.6 Å². The van der Waals surface area contributed by atoms with Gasteiger partial charge in [-0.05, 0) is 68.2 Å². The van der Waals surface area contributed by atoms with Gasteiger partial charge in [-0.25, -0.2) is 4.98 Å². The Morgan fingerprint density at radius 1 is 1.30 bits per heavy atom. The van der Waals surface area contributed by atoms with Crippen molar-refractivity contribution in [2.75, 3.05) is 5.75 Å². The number of carbonyl (C=O) groups is 2. The second kappa shape index (κ2) is 9.15. The first kappa shape index (κ1) is 25.5. The molecule has 1 aromatic rings. The number of pyridine rings is 1. The second-order valence-corrected chi connectivity index (χ2v) is 13.0. The number of hydrogen-bond acceptors (Lipinski definition) is 7. The number of aromatic nitrogens is 1. The maximum atomic E-state index is 14.2. The van der Waals surface area contributed by atoms with Crippen LogP contribution in [-0.4, -0.2) is 51.5 Å². The third-order valence-corrected chi connectivity index (χ3v) is 11.2. The zero-order valence-corrected chi connectivity index (χ0v) is 22.7. The number of nitrogens with zero attached hydrogens (tertiary/aromatic N) is 1. The second-order valence-electron chi connectivity index (χ2n) is 12.0. The van der Waals surface area contributed by atoms with Crippen LogP contribution < -0.4 is 0 Å². The molecule has 0 radical (unpaired) electrons. The summed E-state index contributed by atoms with van der Waals surface area (Å²) in [5.74, 6) is 0.780. The Kier molecular flexibility index (Phi) is 6.30. The zero-order chi connectivity index (χ0) is 26.0. The van der Waals surface area contributed by atoms with Crippen LogP contribution in [0.5, 0.6) is 0 Å². The maximum Gasteiger partial charge on any atom is 0.178 e. The van der Waals surface area contributed by atoms with Crippen molar-refractivity contribution in [3.63, 3.8) is 0 Å². The maximum absolute atomic E-state index is 14.2. The van der Waals surface area contributed by atoms with Gasteiger partial charge in [-0.2, -0.15) is 0 Å². The van der Waals surface area contributed by atoms with Crippen molar-refractivity contribution in [3.05, 3.63) is 48.2 Å². The SMILES string of the molecule is CCCC1O[C@@H]2CC3C4CCC5=CC(=O)C=CC5(C)C4C(O)CC3(C)[C@]2(C(=O)CSc2ccccn2)O1. The lowest BCUT2D eigenvalue weighted by Gasteiger charge is -2.59. The van der Waals surface area contributed by atoms with Crippen LogP contribution in [0.4, 0.5) is 0 Å². The molecule has 1 N–H and O–H groups in total. The molecule has 6 rings (SSSR count). The van der Waals surface area contributed by atoms with Crippen molar-refractivity contribution in [2.24, 2.45) is 28.6 Å². The molecule has 7 heteroatoms. The highest BCUT2D eigenvalue weighted by molar-refractivity contribution is 7.99. The molecule has 0 bridgehead atoms. The predicted molar refractivity (Wildman–Crippen MR) is 141 cm³/mol. The minimum absolute atomic E-state index is 0.00948. The van der Waals surface area contributed by atoms with Crippen molar-refractivity contribution in [3.8, 4) is 0 Å². The molecule has 37 heavy (non-hydrogen) atoms. The van der Waals surface area contributed by atoms with Gasteiger partial charge in [0.2, 0.25) is 0 Å². The molecule has 1 aromatic heterocycles. The van der Waals surface area contributed by atoms with E-state index in [4.69, 9.17) is 9.47 Å². The van der Waals surface area contributed by atoms with Crippen LogP contribution in [0.3, 0.4) is 0 Å². The first-order chi connectivity index (χ1) is 17.7. The van der Waals surface area contributed by atoms with Gasteiger partial charge < -0.3 is 14.6 Å². The number of ether oxygens (including phenoxy) is 2. The van der Waals surface area contributed by atoms with E-state index in [9.17, 15) is 14.7 Å². The van der Waals surface area contributed by atoms with E-state index in [-0.39, 0.29) is 46.6 Å². The van der Waals surface area contributed by atoms with Crippen molar-refractivity contribution in [1.29, 1.82) is 0 Å². The molecule has 1 aliphatic heterocycles. The molecular weight excluding hydrogens is 486 g/mol. The average molecular weight is 524 g/mol. The highest BCUT2D eigenvalue weighted by Crippen LogP contribution is 2.69. The van der Waals surface area contributed by atoms with E-state index < -0.39 is 23.4 Å². The molecule has 9 atom stereocenters. The standard InChI is InChI=1S/C30H37NO5S/c1-4-7-26-35-24-15-21-20-10-9-18-14-19(32)11-12-28(18,2)27(20)22(33)16-29(21,3)30(24,36-26)23(34)17-37-25-8-5-6-13-31-25/h5-6,8,11-14,20-22,24,26-27,33H,4,7,9-10,15-17H2,1-3H3/t20?,21?,22?,24-,26?,27?,28?,29?,30-/m1/s1. The molecule has 0 aromatic carbocycles. The first-order valence-electron chi connectivity index (χ1n) is 13.8. The lowest BCUT2D eigenvalue weighted by atomic mass is 9.46. The van der Waals surface area contributed by atoms with Gasteiger partial charge in [0.15, 0.2) is 23.5 Å². The smallest absolute Gasteiger partial charge is 0.178 e. The Labute approximate surface area is 223 Å². The van der Waals surface area contributed by atoms with E-state index in [2.05, 4.69) is 25.8 Å². The summed E-state index contributed by atoms with van der Waals surface area (Å²) in [5, 5.41) is 12.6. The van der Waals surface area contributed by atoms with E-state index >= 15 is 0 Å². The Bertz CT molecular complexity index is 1150. The van der Waals surface area contributed by atoms with E-state index in [1.54, 1.807) is 18.3 Å². The summed E-state index contributed by atoms with van der Waals surface area (Å²) in [6, 6.07) is 5.72. The van der Waals surface area contributed by atoms with Gasteiger partial charge in [-0.3, -0.25) is 9.59 Å². The summed E-state index contributed by atoms with van der Waals surface area (Å²) in [6.07, 6.45) is 10.6. The monoisotopic (exact) mass is 523 g/mol. The largest absolute Gasteiger partial charge is 0.393 e. The molecule has 4 aliphatic carbocycles. The third kappa shape index (κ3) is 3.68. The van der Waals surface area contributed by atoms with E-state index in [1.807, 2.05) is 24.3 Å². The Balaban J connectivity index is 1.35. The Hall–Kier alpha value is -1.80. The fourth-order valence-electron chi connectivity index (χ4n) is 8.68. The van der Waals surface area contributed by atoms with Crippen molar-refractivity contribution in [1.82, 2.24) is 4.98 Å². The number of hydrogen-bond donors (Lipinski definition) is 1. The fourth-order valence-corrected chi connectivity index (χ4v) is 9.49. The van der Waals surface area contributed by atoms with Gasteiger partial charge in [-0.1, -0.05) is 56.7 Å². The number of ketones is 2. The van der Waals surface area contributed by atoms with Gasteiger partial charge in [0.1, 0.15) is 0 Å². The number of fused-ring (bicyclic) bond motifs is 7. The number of thioether (sulfide) groups is 1. The summed E-state index contributed by atoms with van der Waals surface area (Å²) >= 11 is 1.44. The van der Waals surface area contributed by atoms with Gasteiger partial charge in [0.25, 0.3) is 0 Å². The third-order valence-electron chi connectivity index (χ3n) is 10.2. The number of aliphatic hydroxyl groups is 1. The van der Waals surface area contributed by atoms with Crippen LogP contribution in [0.2, 0.25) is 0 Å². The van der Waals surface area contributed by atoms with Gasteiger partial charge >= 0.3 is 0 Å². The minimum Gasteiger partial charge on any atom is -0.393 e. The van der Waals surface area contributed by atoms with Crippen molar-refractivity contribution < 1.29 is 24.2 Å². The molecule has 1 saturated heterocycles. The highest BCUT2D eigenvalue weighted by Gasteiger charge is 2.75. The molecule has 5 aliphatic rings. The average Bonchev–Trinajstić information content (AvgIpc) is 3.35. The normalized spacial score (nSPS) is 44.0. The molecular formula is C30H37NO5S. The van der Waals surface area contributed by atoms with Crippen LogP contribution in [0.25, 0.3) is 0 Å². The molecule has 2 heterocycles. The van der Waals surface area contributed by atoms with Gasteiger partial charge in [0.05, 0.1) is 23.0 Å². The highest BCUT2D eigenvalue weighted by atomic mass is 32.2. The number of aliphatic hydroxyl groups excluding tert-OH is 1. The van der Waals surface area contributed by atoms with Gasteiger partial charge in [-0.15, -0.1) is 0 Å². The first-order valence-corrected chi connectivity index (χ1v) is 14.7. The number of rotatable bonds is 6. The quantitative estimate of drug-likeness (QED) is 0.530. The number of Topliss-reactive ketones (excluding diaryl/α,β-unsaturated/α-hetero) is 1. The van der Waals surface area contributed by atoms with Crippen LogP contribution in [0.15, 0.2) is 53.2 Å². The molecule has 0 spiro atoms. The van der Waals surface area contributed by atoms with E-state index in [0.717, 1.165) is 42.7 Å². The van der Waals surface area contributed by atoms with Crippen molar-refractivity contribution in [2.45, 2.75) is 88.4 Å². The number of carbonyl (C=O) groups excluding carboxylic acids is 2. The fraction of sp³-hybridized carbons (Fsp3) is 0.633. The molecule has 4 fully saturated rings. The van der Waals surface area contributed by atoms with Crippen LogP contribution in [-0.2, 0) is 19.1 Å². The lowest BCUT2D eigenvalue weighted by Crippen LogP contribution is -2.63. The summed E-state index contributed by atoms with van der Waals surface area (Å²) in [7, 11) is 0. The van der Waals surface area contributed by atoms with Gasteiger partial charge in [0, 0.05) is 22.9 Å². The molecule has 3 saturated carbocycles. The topological polar surface area (TPSA) is 85.7 Å². The predicted octanol–water partition coefficient (Wildman–Crippen LogP) is 4.91. The zero-order valence-electron chi connectivity index (χ0n) is 21.9.